The van der Waals surface area contributed by atoms with E-state index in [1.165, 1.54) is 5.56 Å². The second kappa shape index (κ2) is 8.87. The van der Waals surface area contributed by atoms with E-state index in [1.54, 1.807) is 30.3 Å². The number of amides is 1. The summed E-state index contributed by atoms with van der Waals surface area (Å²) >= 11 is 0. The zero-order chi connectivity index (χ0) is 19.1. The lowest BCUT2D eigenvalue weighted by Gasteiger charge is -2.10. The molecule has 1 N–H and O–H groups in total. The zero-order valence-corrected chi connectivity index (χ0v) is 15.6. The van der Waals surface area contributed by atoms with Crippen molar-refractivity contribution in [2.45, 2.75) is 39.7 Å². The van der Waals surface area contributed by atoms with E-state index < -0.39 is 5.91 Å². The molecule has 0 aliphatic rings. The SMILES string of the molecule is CC(C)Oc1ccc(NC(=O)/C(C#N)=C/c2ccc(C(C)C)cc2)cc1. The van der Waals surface area contributed by atoms with Crippen molar-refractivity contribution < 1.29 is 9.53 Å². The standard InChI is InChI=1S/C22H24N2O2/c1-15(2)18-7-5-17(6-8-18)13-19(14-23)22(25)24-20-9-11-21(12-10-20)26-16(3)4/h5-13,15-16H,1-4H3,(H,24,25)/b19-13+. The third kappa shape index (κ3) is 5.49. The van der Waals surface area contributed by atoms with Gasteiger partial charge in [-0.1, -0.05) is 38.1 Å². The molecule has 2 aromatic carbocycles. The Morgan fingerprint density at radius 1 is 1.04 bits per heavy atom. The van der Waals surface area contributed by atoms with E-state index in [0.717, 1.165) is 11.3 Å². The Labute approximate surface area is 155 Å². The van der Waals surface area contributed by atoms with Gasteiger partial charge in [-0.2, -0.15) is 5.26 Å². The highest BCUT2D eigenvalue weighted by Crippen LogP contribution is 2.19. The average molecular weight is 348 g/mol. The monoisotopic (exact) mass is 348 g/mol. The largest absolute Gasteiger partial charge is 0.491 e. The van der Waals surface area contributed by atoms with Gasteiger partial charge < -0.3 is 10.1 Å². The van der Waals surface area contributed by atoms with Crippen LogP contribution in [0.5, 0.6) is 5.75 Å². The van der Waals surface area contributed by atoms with E-state index in [9.17, 15) is 10.1 Å². The second-order valence-corrected chi connectivity index (χ2v) is 6.64. The van der Waals surface area contributed by atoms with Gasteiger partial charge in [-0.05, 0) is 61.2 Å². The first-order valence-corrected chi connectivity index (χ1v) is 8.69. The van der Waals surface area contributed by atoms with Gasteiger partial charge in [-0.3, -0.25) is 4.79 Å². The Bertz CT molecular complexity index is 811. The molecule has 0 unspecified atom stereocenters. The highest BCUT2D eigenvalue weighted by Gasteiger charge is 2.10. The van der Waals surface area contributed by atoms with Crippen molar-refractivity contribution in [2.75, 3.05) is 5.32 Å². The van der Waals surface area contributed by atoms with Gasteiger partial charge in [0.25, 0.3) is 5.91 Å². The van der Waals surface area contributed by atoms with Crippen LogP contribution in [0, 0.1) is 11.3 Å². The van der Waals surface area contributed by atoms with Gasteiger partial charge in [-0.25, -0.2) is 0 Å². The summed E-state index contributed by atoms with van der Waals surface area (Å²) in [6.45, 7) is 8.15. The first-order valence-electron chi connectivity index (χ1n) is 8.69. The van der Waals surface area contributed by atoms with Gasteiger partial charge in [0.05, 0.1) is 6.10 Å². The number of rotatable bonds is 6. The summed E-state index contributed by atoms with van der Waals surface area (Å²) < 4.78 is 5.57. The van der Waals surface area contributed by atoms with Crippen molar-refractivity contribution in [1.29, 1.82) is 5.26 Å². The van der Waals surface area contributed by atoms with Crippen molar-refractivity contribution >= 4 is 17.7 Å². The van der Waals surface area contributed by atoms with E-state index in [4.69, 9.17) is 4.74 Å². The molecule has 0 bridgehead atoms. The van der Waals surface area contributed by atoms with Crippen LogP contribution >= 0.6 is 0 Å². The fourth-order valence-electron chi connectivity index (χ4n) is 2.38. The molecule has 0 fully saturated rings. The summed E-state index contributed by atoms with van der Waals surface area (Å²) in [5.74, 6) is 0.742. The van der Waals surface area contributed by atoms with Crippen LogP contribution in [0.15, 0.2) is 54.1 Å². The number of nitrogens with zero attached hydrogens (tertiary/aromatic N) is 1. The van der Waals surface area contributed by atoms with Gasteiger partial charge in [0.15, 0.2) is 0 Å². The number of nitrogens with one attached hydrogen (secondary N) is 1. The van der Waals surface area contributed by atoms with Gasteiger partial charge >= 0.3 is 0 Å². The van der Waals surface area contributed by atoms with Crippen LogP contribution < -0.4 is 10.1 Å². The Balaban J connectivity index is 2.09. The summed E-state index contributed by atoms with van der Waals surface area (Å²) in [5, 5.41) is 12.1. The number of anilines is 1. The summed E-state index contributed by atoms with van der Waals surface area (Å²) in [6, 6.07) is 16.9. The maximum Gasteiger partial charge on any atom is 0.266 e. The van der Waals surface area contributed by atoms with Crippen molar-refractivity contribution in [2.24, 2.45) is 0 Å². The lowest BCUT2D eigenvalue weighted by atomic mass is 10.0. The van der Waals surface area contributed by atoms with Crippen LogP contribution in [-0.2, 0) is 4.79 Å². The summed E-state index contributed by atoms with van der Waals surface area (Å²) in [7, 11) is 0. The molecule has 0 aromatic heterocycles. The minimum atomic E-state index is -0.432. The average Bonchev–Trinajstić information content (AvgIpc) is 2.61. The topological polar surface area (TPSA) is 62.1 Å². The van der Waals surface area contributed by atoms with Crippen LogP contribution in [-0.4, -0.2) is 12.0 Å². The van der Waals surface area contributed by atoms with Crippen molar-refractivity contribution in [1.82, 2.24) is 0 Å². The summed E-state index contributed by atoms with van der Waals surface area (Å²) in [5.41, 5.74) is 2.71. The highest BCUT2D eigenvalue weighted by molar-refractivity contribution is 6.09. The molecule has 0 radical (unpaired) electrons. The van der Waals surface area contributed by atoms with E-state index >= 15 is 0 Å². The van der Waals surface area contributed by atoms with Gasteiger partial charge in [-0.15, -0.1) is 0 Å². The molecule has 0 atom stereocenters. The Morgan fingerprint density at radius 3 is 2.15 bits per heavy atom. The molecule has 2 aromatic rings. The van der Waals surface area contributed by atoms with Crippen molar-refractivity contribution in [3.05, 3.63) is 65.2 Å². The Kier molecular flexibility index (Phi) is 6.57. The van der Waals surface area contributed by atoms with Crippen LogP contribution in [0.1, 0.15) is 44.7 Å². The van der Waals surface area contributed by atoms with E-state index in [2.05, 4.69) is 19.2 Å². The second-order valence-electron chi connectivity index (χ2n) is 6.64. The predicted octanol–water partition coefficient (Wildman–Crippen LogP) is 5.14. The number of hydrogen-bond acceptors (Lipinski definition) is 3. The first kappa shape index (κ1) is 19.3. The number of carbonyl (C=O) groups is 1. The van der Waals surface area contributed by atoms with Crippen molar-refractivity contribution in [3.8, 4) is 11.8 Å². The van der Waals surface area contributed by atoms with E-state index in [0.29, 0.717) is 11.6 Å². The Hall–Kier alpha value is -3.06. The molecular formula is C22H24N2O2. The van der Waals surface area contributed by atoms with Gasteiger partial charge in [0.1, 0.15) is 17.4 Å². The van der Waals surface area contributed by atoms with Crippen LogP contribution in [0.25, 0.3) is 6.08 Å². The molecule has 1 amide bonds. The molecule has 4 nitrogen and oxygen atoms in total. The molecule has 0 heterocycles. The number of carbonyl (C=O) groups excluding carboxylic acids is 1. The van der Waals surface area contributed by atoms with Crippen molar-refractivity contribution in [3.63, 3.8) is 0 Å². The maximum absolute atomic E-state index is 12.4. The zero-order valence-electron chi connectivity index (χ0n) is 15.6. The smallest absolute Gasteiger partial charge is 0.266 e. The third-order valence-electron chi connectivity index (χ3n) is 3.76. The fourth-order valence-corrected chi connectivity index (χ4v) is 2.38. The lowest BCUT2D eigenvalue weighted by molar-refractivity contribution is -0.112. The number of benzene rings is 2. The van der Waals surface area contributed by atoms with E-state index in [1.807, 2.05) is 44.2 Å². The molecule has 0 aliphatic heterocycles. The quantitative estimate of drug-likeness (QED) is 0.580. The normalized spacial score (nSPS) is 11.3. The molecule has 2 rings (SSSR count). The molecule has 0 spiro atoms. The van der Waals surface area contributed by atoms with E-state index in [-0.39, 0.29) is 11.7 Å². The van der Waals surface area contributed by atoms with Crippen LogP contribution in [0.3, 0.4) is 0 Å². The maximum atomic E-state index is 12.4. The summed E-state index contributed by atoms with van der Waals surface area (Å²) in [6.07, 6.45) is 1.68. The lowest BCUT2D eigenvalue weighted by Crippen LogP contribution is -2.13. The number of nitriles is 1. The number of hydrogen-bond donors (Lipinski definition) is 1. The highest BCUT2D eigenvalue weighted by atomic mass is 16.5. The van der Waals surface area contributed by atoms with Gasteiger partial charge in [0.2, 0.25) is 0 Å². The molecule has 134 valence electrons. The minimum absolute atomic E-state index is 0.0600. The Morgan fingerprint density at radius 2 is 1.65 bits per heavy atom. The van der Waals surface area contributed by atoms with Gasteiger partial charge in [0, 0.05) is 5.69 Å². The molecule has 0 saturated heterocycles. The predicted molar refractivity (Wildman–Crippen MR) is 105 cm³/mol. The molecule has 26 heavy (non-hydrogen) atoms. The van der Waals surface area contributed by atoms with Crippen LogP contribution in [0.2, 0.25) is 0 Å². The third-order valence-corrected chi connectivity index (χ3v) is 3.76. The minimum Gasteiger partial charge on any atom is -0.491 e. The fraction of sp³-hybridized carbons (Fsp3) is 0.273. The molecule has 0 aliphatic carbocycles. The number of ether oxygens (including phenoxy) is 1. The van der Waals surface area contributed by atoms with Crippen LogP contribution in [0.4, 0.5) is 5.69 Å². The first-order chi connectivity index (χ1) is 12.4. The molecule has 4 heteroatoms. The summed E-state index contributed by atoms with van der Waals surface area (Å²) in [4.78, 5) is 12.4. The molecule has 0 saturated carbocycles. The molecular weight excluding hydrogens is 324 g/mol.